The highest BCUT2D eigenvalue weighted by atomic mass is 32.2. The van der Waals surface area contributed by atoms with Gasteiger partial charge in [-0.05, 0) is 37.3 Å². The van der Waals surface area contributed by atoms with E-state index in [4.69, 9.17) is 0 Å². The average molecular weight is 369 g/mol. The maximum absolute atomic E-state index is 13.7. The first-order chi connectivity index (χ1) is 11.2. The highest BCUT2D eigenvalue weighted by molar-refractivity contribution is 7.90. The number of aryl methyl sites for hydroxylation is 1. The second kappa shape index (κ2) is 7.23. The topological polar surface area (TPSA) is 80.3 Å². The molecule has 2 aromatic rings. The first kappa shape index (κ1) is 18.3. The lowest BCUT2D eigenvalue weighted by atomic mass is 10.2. The maximum atomic E-state index is 13.7. The van der Waals surface area contributed by atoms with Gasteiger partial charge in [-0.1, -0.05) is 0 Å². The zero-order valence-corrected chi connectivity index (χ0v) is 14.8. The predicted octanol–water partition coefficient (Wildman–Crippen LogP) is 3.20. The van der Waals surface area contributed by atoms with Gasteiger partial charge < -0.3 is 5.32 Å². The number of hydrogen-bond donors (Lipinski definition) is 1. The molecule has 0 unspecified atom stereocenters. The zero-order valence-electron chi connectivity index (χ0n) is 13.1. The molecule has 0 aliphatic heterocycles. The molecule has 0 bridgehead atoms. The fourth-order valence-electron chi connectivity index (χ4n) is 1.98. The first-order valence-electron chi connectivity index (χ1n) is 7.06. The summed E-state index contributed by atoms with van der Waals surface area (Å²) in [5.41, 5.74) is -0.220. The lowest BCUT2D eigenvalue weighted by molar-refractivity contribution is -0.116. The Morgan fingerprint density at radius 2 is 1.88 bits per heavy atom. The number of Topliss-reactive ketones (excluding diaryl/α,β-unsaturated/α-hetero) is 1. The van der Waals surface area contributed by atoms with Crippen LogP contribution in [0.4, 0.5) is 10.1 Å². The fourth-order valence-corrected chi connectivity index (χ4v) is 3.46. The summed E-state index contributed by atoms with van der Waals surface area (Å²) in [4.78, 5) is 25.3. The van der Waals surface area contributed by atoms with Gasteiger partial charge in [-0.15, -0.1) is 11.3 Å². The van der Waals surface area contributed by atoms with Crippen molar-refractivity contribution in [2.75, 3.05) is 11.6 Å². The Morgan fingerprint density at radius 1 is 1.17 bits per heavy atom. The van der Waals surface area contributed by atoms with Crippen molar-refractivity contribution in [3.63, 3.8) is 0 Å². The van der Waals surface area contributed by atoms with E-state index in [0.717, 1.165) is 29.3 Å². The number of halogens is 1. The van der Waals surface area contributed by atoms with Crippen LogP contribution in [0.3, 0.4) is 0 Å². The number of ketones is 1. The van der Waals surface area contributed by atoms with Crippen LogP contribution in [0.2, 0.25) is 0 Å². The molecule has 0 radical (unpaired) electrons. The molecule has 2 rings (SSSR count). The quantitative estimate of drug-likeness (QED) is 0.626. The van der Waals surface area contributed by atoms with Gasteiger partial charge >= 0.3 is 0 Å². The molecule has 5 nitrogen and oxygen atoms in total. The fraction of sp³-hybridized carbons (Fsp3) is 0.250. The molecular weight excluding hydrogens is 353 g/mol. The van der Waals surface area contributed by atoms with Gasteiger partial charge in [0.2, 0.25) is 5.91 Å². The van der Waals surface area contributed by atoms with Crippen molar-refractivity contribution in [1.29, 1.82) is 0 Å². The molecule has 0 spiro atoms. The molecule has 1 N–H and O–H groups in total. The van der Waals surface area contributed by atoms with Crippen molar-refractivity contribution in [3.8, 4) is 0 Å². The van der Waals surface area contributed by atoms with Crippen molar-refractivity contribution in [1.82, 2.24) is 0 Å². The summed E-state index contributed by atoms with van der Waals surface area (Å²) in [6, 6.07) is 6.70. The van der Waals surface area contributed by atoms with Crippen LogP contribution < -0.4 is 5.32 Å². The number of rotatable bonds is 6. The number of carbonyl (C=O) groups excluding carboxylic acids is 2. The highest BCUT2D eigenvalue weighted by Gasteiger charge is 2.15. The Bertz CT molecular complexity index is 887. The van der Waals surface area contributed by atoms with E-state index in [1.165, 1.54) is 11.3 Å². The molecule has 128 valence electrons. The van der Waals surface area contributed by atoms with Crippen LogP contribution in [0.15, 0.2) is 35.2 Å². The standard InChI is InChI=1S/C16H16FNO4S2/c1-10-3-7-15(23-10)14(19)6-8-16(20)18-13-9-11(24(2,21)22)4-5-12(13)17/h3-5,7,9H,6,8H2,1-2H3,(H,18,20). The third-order valence-electron chi connectivity index (χ3n) is 3.23. The summed E-state index contributed by atoms with van der Waals surface area (Å²) in [6.07, 6.45) is 0.880. The number of nitrogens with one attached hydrogen (secondary N) is 1. The third kappa shape index (κ3) is 4.72. The van der Waals surface area contributed by atoms with Crippen LogP contribution >= 0.6 is 11.3 Å². The van der Waals surface area contributed by atoms with E-state index in [0.29, 0.717) is 4.88 Å². The van der Waals surface area contributed by atoms with E-state index in [9.17, 15) is 22.4 Å². The summed E-state index contributed by atoms with van der Waals surface area (Å²) in [5, 5.41) is 2.31. The van der Waals surface area contributed by atoms with Gasteiger partial charge in [0, 0.05) is 24.0 Å². The van der Waals surface area contributed by atoms with Crippen LogP contribution in [0.5, 0.6) is 0 Å². The minimum Gasteiger partial charge on any atom is -0.324 e. The molecule has 0 aliphatic carbocycles. The van der Waals surface area contributed by atoms with E-state index in [2.05, 4.69) is 5.32 Å². The summed E-state index contributed by atoms with van der Waals surface area (Å²) in [6.45, 7) is 1.88. The van der Waals surface area contributed by atoms with E-state index in [1.807, 2.05) is 13.0 Å². The molecule has 0 atom stereocenters. The Kier molecular flexibility index (Phi) is 5.51. The van der Waals surface area contributed by atoms with Crippen molar-refractivity contribution < 1.29 is 22.4 Å². The van der Waals surface area contributed by atoms with Crippen LogP contribution in [0.1, 0.15) is 27.4 Å². The van der Waals surface area contributed by atoms with Crippen molar-refractivity contribution >= 4 is 38.6 Å². The number of benzene rings is 1. The van der Waals surface area contributed by atoms with Crippen LogP contribution in [-0.2, 0) is 14.6 Å². The predicted molar refractivity (Wildman–Crippen MR) is 90.8 cm³/mol. The van der Waals surface area contributed by atoms with Gasteiger partial charge in [0.15, 0.2) is 15.6 Å². The van der Waals surface area contributed by atoms with Gasteiger partial charge in [0.25, 0.3) is 0 Å². The number of hydrogen-bond acceptors (Lipinski definition) is 5. The first-order valence-corrected chi connectivity index (χ1v) is 9.76. The summed E-state index contributed by atoms with van der Waals surface area (Å²) in [7, 11) is -3.51. The Hall–Kier alpha value is -2.06. The summed E-state index contributed by atoms with van der Waals surface area (Å²) in [5.74, 6) is -1.45. The molecule has 1 heterocycles. The van der Waals surface area contributed by atoms with E-state index < -0.39 is 21.6 Å². The van der Waals surface area contributed by atoms with Crippen LogP contribution in [-0.4, -0.2) is 26.4 Å². The Labute approximate surface area is 143 Å². The summed E-state index contributed by atoms with van der Waals surface area (Å²) >= 11 is 1.35. The zero-order chi connectivity index (χ0) is 17.9. The highest BCUT2D eigenvalue weighted by Crippen LogP contribution is 2.21. The van der Waals surface area contributed by atoms with Gasteiger partial charge in [-0.25, -0.2) is 12.8 Å². The second-order valence-corrected chi connectivity index (χ2v) is 8.60. The number of carbonyl (C=O) groups is 2. The largest absolute Gasteiger partial charge is 0.324 e. The van der Waals surface area contributed by atoms with Crippen molar-refractivity contribution in [2.24, 2.45) is 0 Å². The van der Waals surface area contributed by atoms with Gasteiger partial charge in [-0.3, -0.25) is 9.59 Å². The number of anilines is 1. The van der Waals surface area contributed by atoms with Gasteiger partial charge in [0.1, 0.15) is 5.82 Å². The van der Waals surface area contributed by atoms with E-state index in [-0.39, 0.29) is 29.2 Å². The molecule has 24 heavy (non-hydrogen) atoms. The second-order valence-electron chi connectivity index (χ2n) is 5.30. The molecule has 0 saturated carbocycles. The Morgan fingerprint density at radius 3 is 2.46 bits per heavy atom. The number of thiophene rings is 1. The maximum Gasteiger partial charge on any atom is 0.224 e. The SMILES string of the molecule is Cc1ccc(C(=O)CCC(=O)Nc2cc(S(C)(=O)=O)ccc2F)s1. The van der Waals surface area contributed by atoms with Crippen LogP contribution in [0.25, 0.3) is 0 Å². The van der Waals surface area contributed by atoms with E-state index in [1.54, 1.807) is 6.07 Å². The number of sulfone groups is 1. The average Bonchev–Trinajstić information content (AvgIpc) is 2.92. The minimum absolute atomic E-state index is 0.000821. The van der Waals surface area contributed by atoms with Crippen molar-refractivity contribution in [3.05, 3.63) is 45.9 Å². The molecule has 8 heteroatoms. The van der Waals surface area contributed by atoms with Crippen LogP contribution in [0, 0.1) is 12.7 Å². The lowest BCUT2D eigenvalue weighted by Crippen LogP contribution is -2.14. The van der Waals surface area contributed by atoms with E-state index >= 15 is 0 Å². The monoisotopic (exact) mass is 369 g/mol. The van der Waals surface area contributed by atoms with Gasteiger partial charge in [-0.2, -0.15) is 0 Å². The molecule has 1 amide bonds. The number of amides is 1. The molecule has 1 aromatic carbocycles. The third-order valence-corrected chi connectivity index (χ3v) is 5.39. The molecular formula is C16H16FNO4S2. The smallest absolute Gasteiger partial charge is 0.224 e. The van der Waals surface area contributed by atoms with Crippen molar-refractivity contribution in [2.45, 2.75) is 24.7 Å². The Balaban J connectivity index is 2.01. The van der Waals surface area contributed by atoms with Gasteiger partial charge in [0.05, 0.1) is 15.5 Å². The molecule has 0 saturated heterocycles. The lowest BCUT2D eigenvalue weighted by Gasteiger charge is -2.08. The summed E-state index contributed by atoms with van der Waals surface area (Å²) < 4.78 is 36.7. The molecule has 0 aliphatic rings. The molecule has 1 aromatic heterocycles. The minimum atomic E-state index is -3.51. The molecule has 0 fully saturated rings. The normalized spacial score (nSPS) is 11.3.